The predicted octanol–water partition coefficient (Wildman–Crippen LogP) is 3.38. The minimum absolute atomic E-state index is 0.248. The van der Waals surface area contributed by atoms with Crippen LogP contribution in [-0.2, 0) is 0 Å². The van der Waals surface area contributed by atoms with Crippen molar-refractivity contribution in [3.8, 4) is 0 Å². The van der Waals surface area contributed by atoms with Crippen LogP contribution in [0.1, 0.15) is 9.67 Å². The van der Waals surface area contributed by atoms with E-state index in [1.54, 1.807) is 11.4 Å². The number of anilines is 2. The second-order valence-corrected chi connectivity index (χ2v) is 4.65. The lowest BCUT2D eigenvalue weighted by atomic mass is 10.2. The summed E-state index contributed by atoms with van der Waals surface area (Å²) in [7, 11) is 0. The Morgan fingerprint density at radius 1 is 1.41 bits per heavy atom. The van der Waals surface area contributed by atoms with E-state index in [1.807, 2.05) is 0 Å². The summed E-state index contributed by atoms with van der Waals surface area (Å²) in [6.07, 6.45) is 0. The van der Waals surface area contributed by atoms with Crippen LogP contribution in [0.4, 0.5) is 15.8 Å². The standard InChI is InChI=1S/C11H8ClFN2OS/c12-9-1-2-17-10(9)11(16)15-8-4-6(13)3-7(14)5-8/h1-5H,14H2,(H,15,16). The van der Waals surface area contributed by atoms with Gasteiger partial charge in [-0.25, -0.2) is 4.39 Å². The molecule has 3 N–H and O–H groups in total. The van der Waals surface area contributed by atoms with E-state index in [1.165, 1.54) is 29.5 Å². The highest BCUT2D eigenvalue weighted by Gasteiger charge is 2.12. The van der Waals surface area contributed by atoms with Crippen LogP contribution in [0.5, 0.6) is 0 Å². The maximum atomic E-state index is 13.0. The molecule has 0 fully saturated rings. The summed E-state index contributed by atoms with van der Waals surface area (Å²) in [6, 6.07) is 5.47. The number of thiophene rings is 1. The number of nitrogen functional groups attached to an aromatic ring is 1. The van der Waals surface area contributed by atoms with E-state index in [9.17, 15) is 9.18 Å². The van der Waals surface area contributed by atoms with Gasteiger partial charge in [-0.05, 0) is 29.6 Å². The second-order valence-electron chi connectivity index (χ2n) is 3.33. The zero-order chi connectivity index (χ0) is 12.4. The Balaban J connectivity index is 2.21. The molecule has 0 radical (unpaired) electrons. The van der Waals surface area contributed by atoms with Crippen LogP contribution in [0, 0.1) is 5.82 Å². The zero-order valence-electron chi connectivity index (χ0n) is 8.54. The summed E-state index contributed by atoms with van der Waals surface area (Å²) in [5.41, 5.74) is 6.02. The van der Waals surface area contributed by atoms with Crippen LogP contribution >= 0.6 is 22.9 Å². The summed E-state index contributed by atoms with van der Waals surface area (Å²) >= 11 is 7.03. The maximum absolute atomic E-state index is 13.0. The van der Waals surface area contributed by atoms with Crippen LogP contribution in [0.2, 0.25) is 5.02 Å². The molecule has 2 aromatic rings. The van der Waals surface area contributed by atoms with Gasteiger partial charge < -0.3 is 11.1 Å². The van der Waals surface area contributed by atoms with Crippen molar-refractivity contribution in [2.75, 3.05) is 11.1 Å². The first-order chi connectivity index (χ1) is 8.06. The molecule has 0 spiro atoms. The Labute approximate surface area is 106 Å². The van der Waals surface area contributed by atoms with Gasteiger partial charge in [0.05, 0.1) is 5.02 Å². The van der Waals surface area contributed by atoms with E-state index < -0.39 is 5.82 Å². The van der Waals surface area contributed by atoms with Crippen molar-refractivity contribution >= 4 is 40.2 Å². The molecule has 0 aliphatic heterocycles. The Morgan fingerprint density at radius 3 is 2.76 bits per heavy atom. The highest BCUT2D eigenvalue weighted by molar-refractivity contribution is 7.12. The molecule has 88 valence electrons. The molecule has 1 amide bonds. The molecular weight excluding hydrogens is 263 g/mol. The summed E-state index contributed by atoms with van der Waals surface area (Å²) in [5, 5.41) is 4.61. The third-order valence-electron chi connectivity index (χ3n) is 2.00. The van der Waals surface area contributed by atoms with Crippen LogP contribution in [0.3, 0.4) is 0 Å². The lowest BCUT2D eigenvalue weighted by molar-refractivity contribution is 0.103. The number of rotatable bonds is 2. The number of amides is 1. The molecule has 0 saturated carbocycles. The lowest BCUT2D eigenvalue weighted by Gasteiger charge is -2.05. The van der Waals surface area contributed by atoms with E-state index in [0.717, 1.165) is 0 Å². The number of carbonyl (C=O) groups is 1. The van der Waals surface area contributed by atoms with Gasteiger partial charge >= 0.3 is 0 Å². The number of carbonyl (C=O) groups excluding carboxylic acids is 1. The van der Waals surface area contributed by atoms with E-state index in [-0.39, 0.29) is 11.6 Å². The molecule has 1 aromatic heterocycles. The molecule has 0 aliphatic rings. The quantitative estimate of drug-likeness (QED) is 0.822. The Morgan fingerprint density at radius 2 is 2.18 bits per heavy atom. The van der Waals surface area contributed by atoms with E-state index in [4.69, 9.17) is 17.3 Å². The SMILES string of the molecule is Nc1cc(F)cc(NC(=O)c2sccc2Cl)c1. The molecule has 0 bridgehead atoms. The molecular formula is C11H8ClFN2OS. The summed E-state index contributed by atoms with van der Waals surface area (Å²) < 4.78 is 13.0. The van der Waals surface area contributed by atoms with Crippen molar-refractivity contribution in [3.05, 3.63) is 45.4 Å². The number of halogens is 2. The van der Waals surface area contributed by atoms with Crippen molar-refractivity contribution in [3.63, 3.8) is 0 Å². The number of hydrogen-bond donors (Lipinski definition) is 2. The first-order valence-electron chi connectivity index (χ1n) is 4.66. The fraction of sp³-hybridized carbons (Fsp3) is 0. The van der Waals surface area contributed by atoms with Gasteiger partial charge in [-0.2, -0.15) is 0 Å². The highest BCUT2D eigenvalue weighted by Crippen LogP contribution is 2.24. The zero-order valence-corrected chi connectivity index (χ0v) is 10.1. The largest absolute Gasteiger partial charge is 0.399 e. The van der Waals surface area contributed by atoms with Gasteiger partial charge in [0.25, 0.3) is 5.91 Å². The molecule has 0 aliphatic carbocycles. The van der Waals surface area contributed by atoms with Gasteiger partial charge in [0.2, 0.25) is 0 Å². The fourth-order valence-electron chi connectivity index (χ4n) is 1.33. The Kier molecular flexibility index (Phi) is 3.31. The third-order valence-corrected chi connectivity index (χ3v) is 3.34. The van der Waals surface area contributed by atoms with Gasteiger partial charge in [-0.15, -0.1) is 11.3 Å². The number of benzene rings is 1. The smallest absolute Gasteiger partial charge is 0.267 e. The third kappa shape index (κ3) is 2.75. The molecule has 2 rings (SSSR count). The molecule has 1 aromatic carbocycles. The van der Waals surface area contributed by atoms with Gasteiger partial charge in [0.15, 0.2) is 0 Å². The topological polar surface area (TPSA) is 55.1 Å². The van der Waals surface area contributed by atoms with Crippen LogP contribution in [-0.4, -0.2) is 5.91 Å². The van der Waals surface area contributed by atoms with E-state index in [2.05, 4.69) is 5.32 Å². The van der Waals surface area contributed by atoms with Crippen LogP contribution < -0.4 is 11.1 Å². The normalized spacial score (nSPS) is 10.2. The minimum Gasteiger partial charge on any atom is -0.399 e. The Bertz CT molecular complexity index is 550. The molecule has 6 heteroatoms. The van der Waals surface area contributed by atoms with E-state index in [0.29, 0.717) is 15.6 Å². The number of hydrogen-bond acceptors (Lipinski definition) is 3. The summed E-state index contributed by atoms with van der Waals surface area (Å²) in [6.45, 7) is 0. The van der Waals surface area contributed by atoms with Crippen molar-refractivity contribution < 1.29 is 9.18 Å². The fourth-order valence-corrected chi connectivity index (χ4v) is 2.36. The highest BCUT2D eigenvalue weighted by atomic mass is 35.5. The lowest BCUT2D eigenvalue weighted by Crippen LogP contribution is -2.11. The minimum atomic E-state index is -0.502. The Hall–Kier alpha value is -1.59. The van der Waals surface area contributed by atoms with Gasteiger partial charge in [0, 0.05) is 11.4 Å². The average molecular weight is 271 g/mol. The van der Waals surface area contributed by atoms with Gasteiger partial charge in [-0.3, -0.25) is 4.79 Å². The van der Waals surface area contributed by atoms with Crippen molar-refractivity contribution in [1.82, 2.24) is 0 Å². The van der Waals surface area contributed by atoms with Crippen molar-refractivity contribution in [2.24, 2.45) is 0 Å². The average Bonchev–Trinajstić information content (AvgIpc) is 2.62. The first-order valence-corrected chi connectivity index (χ1v) is 5.92. The van der Waals surface area contributed by atoms with Gasteiger partial charge in [-0.1, -0.05) is 11.6 Å². The van der Waals surface area contributed by atoms with Crippen molar-refractivity contribution in [2.45, 2.75) is 0 Å². The summed E-state index contributed by atoms with van der Waals surface area (Å²) in [4.78, 5) is 12.2. The van der Waals surface area contributed by atoms with Crippen molar-refractivity contribution in [1.29, 1.82) is 0 Å². The van der Waals surface area contributed by atoms with E-state index >= 15 is 0 Å². The summed E-state index contributed by atoms with van der Waals surface area (Å²) in [5.74, 6) is -0.882. The number of nitrogens with one attached hydrogen (secondary N) is 1. The van der Waals surface area contributed by atoms with Crippen LogP contribution in [0.15, 0.2) is 29.6 Å². The van der Waals surface area contributed by atoms with Gasteiger partial charge in [0.1, 0.15) is 10.7 Å². The number of nitrogens with two attached hydrogens (primary N) is 1. The molecule has 17 heavy (non-hydrogen) atoms. The molecule has 3 nitrogen and oxygen atoms in total. The second kappa shape index (κ2) is 4.73. The first kappa shape index (κ1) is 11.9. The molecule has 0 atom stereocenters. The van der Waals surface area contributed by atoms with Crippen LogP contribution in [0.25, 0.3) is 0 Å². The molecule has 1 heterocycles. The molecule has 0 unspecified atom stereocenters. The predicted molar refractivity (Wildman–Crippen MR) is 68.1 cm³/mol. The molecule has 0 saturated heterocycles. The monoisotopic (exact) mass is 270 g/mol. The maximum Gasteiger partial charge on any atom is 0.267 e.